The predicted molar refractivity (Wildman–Crippen MR) is 96.0 cm³/mol. The molecular formula is C17H17F3N6O2. The number of alkyl halides is 3. The van der Waals surface area contributed by atoms with Gasteiger partial charge in [-0.15, -0.1) is 0 Å². The van der Waals surface area contributed by atoms with Gasteiger partial charge in [-0.2, -0.15) is 13.2 Å². The van der Waals surface area contributed by atoms with Crippen LogP contribution in [0.15, 0.2) is 41.9 Å². The number of H-pyrrole nitrogens is 1. The van der Waals surface area contributed by atoms with Crippen molar-refractivity contribution in [1.82, 2.24) is 19.9 Å². The molecule has 2 aromatic heterocycles. The molecule has 148 valence electrons. The molecule has 8 nitrogen and oxygen atoms in total. The average Bonchev–Trinajstić information content (AvgIpc) is 3.30. The second-order valence-corrected chi connectivity index (χ2v) is 5.79. The van der Waals surface area contributed by atoms with E-state index in [1.165, 1.54) is 13.1 Å². The predicted octanol–water partition coefficient (Wildman–Crippen LogP) is 2.14. The third-order valence-electron chi connectivity index (χ3n) is 3.95. The van der Waals surface area contributed by atoms with Gasteiger partial charge in [0.05, 0.1) is 24.0 Å². The zero-order valence-electron chi connectivity index (χ0n) is 14.7. The monoisotopic (exact) mass is 394 g/mol. The van der Waals surface area contributed by atoms with Crippen molar-refractivity contribution in [3.8, 4) is 5.75 Å². The molecule has 0 unspecified atom stereocenters. The zero-order chi connectivity index (χ0) is 20.3. The van der Waals surface area contributed by atoms with Crippen LogP contribution >= 0.6 is 0 Å². The van der Waals surface area contributed by atoms with E-state index in [4.69, 9.17) is 10.5 Å². The number of halogens is 3. The maximum absolute atomic E-state index is 13.4. The summed E-state index contributed by atoms with van der Waals surface area (Å²) >= 11 is 0. The molecule has 1 amide bonds. The van der Waals surface area contributed by atoms with Crippen LogP contribution in [0.3, 0.4) is 0 Å². The van der Waals surface area contributed by atoms with E-state index in [1.807, 2.05) is 0 Å². The summed E-state index contributed by atoms with van der Waals surface area (Å²) < 4.78 is 47.5. The maximum atomic E-state index is 13.4. The van der Waals surface area contributed by atoms with Crippen LogP contribution in [0.2, 0.25) is 0 Å². The quantitative estimate of drug-likeness (QED) is 0.455. The summed E-state index contributed by atoms with van der Waals surface area (Å²) in [4.78, 5) is 22.4. The standard InChI is InChI=1S/C17H17F3N6O2/c1-22-16(21)25-15(27)12-8-10-11(17(18,19)20)2-3-13(14(10)24-12)28-7-6-26-5-4-23-9-26/h2-5,8-9,24H,6-7H2,1H3,(H3,21,22,25,27). The zero-order valence-corrected chi connectivity index (χ0v) is 14.7. The number of hydrogen-bond acceptors (Lipinski definition) is 4. The van der Waals surface area contributed by atoms with Gasteiger partial charge in [0.15, 0.2) is 5.96 Å². The number of carbonyl (C=O) groups is 1. The van der Waals surface area contributed by atoms with Gasteiger partial charge in [0.25, 0.3) is 5.91 Å². The number of aromatic nitrogens is 3. The van der Waals surface area contributed by atoms with Crippen molar-refractivity contribution >= 4 is 22.8 Å². The van der Waals surface area contributed by atoms with E-state index in [1.54, 1.807) is 23.3 Å². The van der Waals surface area contributed by atoms with Crippen molar-refractivity contribution in [3.05, 3.63) is 48.2 Å². The number of aromatic amines is 1. The lowest BCUT2D eigenvalue weighted by Crippen LogP contribution is -2.36. The minimum Gasteiger partial charge on any atom is -0.490 e. The Balaban J connectivity index is 1.94. The van der Waals surface area contributed by atoms with Crippen molar-refractivity contribution < 1.29 is 22.7 Å². The molecule has 0 atom stereocenters. The fraction of sp³-hybridized carbons (Fsp3) is 0.235. The van der Waals surface area contributed by atoms with Crippen LogP contribution in [0.5, 0.6) is 5.75 Å². The molecule has 0 aliphatic heterocycles. The van der Waals surface area contributed by atoms with Crippen LogP contribution in [0.25, 0.3) is 10.9 Å². The summed E-state index contributed by atoms with van der Waals surface area (Å²) in [5.74, 6) is -0.674. The molecule has 0 saturated carbocycles. The fourth-order valence-electron chi connectivity index (χ4n) is 2.60. The summed E-state index contributed by atoms with van der Waals surface area (Å²) in [7, 11) is 1.37. The molecule has 0 radical (unpaired) electrons. The molecular weight excluding hydrogens is 377 g/mol. The van der Waals surface area contributed by atoms with Gasteiger partial charge in [-0.3, -0.25) is 15.1 Å². The molecule has 28 heavy (non-hydrogen) atoms. The van der Waals surface area contributed by atoms with E-state index >= 15 is 0 Å². The van der Waals surface area contributed by atoms with E-state index in [0.29, 0.717) is 6.54 Å². The molecule has 3 aromatic rings. The van der Waals surface area contributed by atoms with Crippen molar-refractivity contribution in [3.63, 3.8) is 0 Å². The average molecular weight is 394 g/mol. The van der Waals surface area contributed by atoms with Gasteiger partial charge in [0, 0.05) is 24.8 Å². The first-order valence-electron chi connectivity index (χ1n) is 8.14. The first-order valence-corrected chi connectivity index (χ1v) is 8.14. The third-order valence-corrected chi connectivity index (χ3v) is 3.95. The molecule has 11 heteroatoms. The number of imidazole rings is 1. The first-order chi connectivity index (χ1) is 13.3. The van der Waals surface area contributed by atoms with Crippen molar-refractivity contribution in [2.75, 3.05) is 13.7 Å². The van der Waals surface area contributed by atoms with Crippen LogP contribution in [0.4, 0.5) is 13.2 Å². The molecule has 0 bridgehead atoms. The van der Waals surface area contributed by atoms with E-state index < -0.39 is 17.6 Å². The van der Waals surface area contributed by atoms with E-state index in [2.05, 4.69) is 20.3 Å². The van der Waals surface area contributed by atoms with E-state index in [-0.39, 0.29) is 34.9 Å². The van der Waals surface area contributed by atoms with Crippen molar-refractivity contribution in [2.24, 2.45) is 10.7 Å². The number of amides is 1. The Labute approximate surface area is 157 Å². The van der Waals surface area contributed by atoms with Gasteiger partial charge >= 0.3 is 6.18 Å². The minimum absolute atomic E-state index is 0.0672. The van der Waals surface area contributed by atoms with Gasteiger partial charge in [-0.05, 0) is 18.2 Å². The van der Waals surface area contributed by atoms with Crippen LogP contribution in [0.1, 0.15) is 16.1 Å². The Morgan fingerprint density at radius 3 is 2.86 bits per heavy atom. The molecule has 1 aromatic carbocycles. The van der Waals surface area contributed by atoms with Crippen molar-refractivity contribution in [2.45, 2.75) is 12.7 Å². The molecule has 0 spiro atoms. The summed E-state index contributed by atoms with van der Waals surface area (Å²) in [6.45, 7) is 0.660. The van der Waals surface area contributed by atoms with E-state index in [9.17, 15) is 18.0 Å². The lowest BCUT2D eigenvalue weighted by molar-refractivity contribution is -0.136. The second-order valence-electron chi connectivity index (χ2n) is 5.79. The highest BCUT2D eigenvalue weighted by Crippen LogP contribution is 2.38. The number of rotatable bonds is 5. The second kappa shape index (κ2) is 7.62. The Hall–Kier alpha value is -3.50. The lowest BCUT2D eigenvalue weighted by Gasteiger charge is -2.12. The summed E-state index contributed by atoms with van der Waals surface area (Å²) in [6, 6.07) is 3.25. The highest BCUT2D eigenvalue weighted by atomic mass is 19.4. The Morgan fingerprint density at radius 2 is 2.21 bits per heavy atom. The summed E-state index contributed by atoms with van der Waals surface area (Å²) in [5, 5.41) is 2.10. The molecule has 0 fully saturated rings. The van der Waals surface area contributed by atoms with Gasteiger partial charge in [-0.1, -0.05) is 0 Å². The highest BCUT2D eigenvalue weighted by Gasteiger charge is 2.34. The number of benzene rings is 1. The summed E-state index contributed by atoms with van der Waals surface area (Å²) in [6.07, 6.45) is 0.357. The van der Waals surface area contributed by atoms with Gasteiger partial charge in [0.2, 0.25) is 0 Å². The molecule has 0 aliphatic rings. The Morgan fingerprint density at radius 1 is 1.43 bits per heavy atom. The first kappa shape index (κ1) is 19.3. The van der Waals surface area contributed by atoms with Crippen LogP contribution in [-0.4, -0.2) is 40.1 Å². The Bertz CT molecular complexity index is 1010. The van der Waals surface area contributed by atoms with Gasteiger partial charge in [0.1, 0.15) is 18.1 Å². The smallest absolute Gasteiger partial charge is 0.417 e. The van der Waals surface area contributed by atoms with Crippen LogP contribution in [0, 0.1) is 0 Å². The number of nitrogens with one attached hydrogen (secondary N) is 2. The number of carbonyl (C=O) groups excluding carboxylic acids is 1. The van der Waals surface area contributed by atoms with Gasteiger partial charge < -0.3 is 20.0 Å². The number of fused-ring (bicyclic) bond motifs is 1. The number of nitrogens with zero attached hydrogens (tertiary/aromatic N) is 3. The van der Waals surface area contributed by atoms with Crippen LogP contribution in [-0.2, 0) is 12.7 Å². The lowest BCUT2D eigenvalue weighted by atomic mass is 10.1. The normalized spacial score (nSPS) is 12.4. The minimum atomic E-state index is -4.59. The highest BCUT2D eigenvalue weighted by molar-refractivity contribution is 6.07. The largest absolute Gasteiger partial charge is 0.490 e. The topological polar surface area (TPSA) is 110 Å². The molecule has 0 aliphatic carbocycles. The molecule has 3 rings (SSSR count). The number of nitrogens with two attached hydrogens (primary N) is 1. The molecule has 4 N–H and O–H groups in total. The molecule has 0 saturated heterocycles. The number of hydrogen-bond donors (Lipinski definition) is 3. The fourth-order valence-corrected chi connectivity index (χ4v) is 2.60. The Kier molecular flexibility index (Phi) is 5.25. The van der Waals surface area contributed by atoms with Crippen molar-refractivity contribution in [1.29, 1.82) is 0 Å². The summed E-state index contributed by atoms with van der Waals surface area (Å²) in [5.41, 5.74) is 4.53. The van der Waals surface area contributed by atoms with Crippen LogP contribution < -0.4 is 15.8 Å². The third kappa shape index (κ3) is 4.08. The van der Waals surface area contributed by atoms with E-state index in [0.717, 1.165) is 12.1 Å². The molecule has 2 heterocycles. The number of aliphatic imine (C=N–C) groups is 1. The van der Waals surface area contributed by atoms with Gasteiger partial charge in [-0.25, -0.2) is 4.98 Å². The maximum Gasteiger partial charge on any atom is 0.417 e. The number of ether oxygens (including phenoxy) is 1. The number of guanidine groups is 1. The SMILES string of the molecule is CN=C(N)NC(=O)c1cc2c(C(F)(F)F)ccc(OCCn3ccnc3)c2[nH]1.